The summed E-state index contributed by atoms with van der Waals surface area (Å²) in [5.74, 6) is -0.312. The van der Waals surface area contributed by atoms with Gasteiger partial charge in [0.2, 0.25) is 0 Å². The number of ether oxygens (including phenoxy) is 2. The van der Waals surface area contributed by atoms with E-state index in [2.05, 4.69) is 0 Å². The molecule has 0 spiro atoms. The van der Waals surface area contributed by atoms with Crippen LogP contribution in [0.15, 0.2) is 0 Å². The van der Waals surface area contributed by atoms with Gasteiger partial charge in [-0.05, 0) is 6.92 Å². The van der Waals surface area contributed by atoms with Crippen LogP contribution in [0.4, 0.5) is 0 Å². The number of hydrogen-bond donors (Lipinski definition) is 1. The first-order valence-electron chi connectivity index (χ1n) is 3.86. The van der Waals surface area contributed by atoms with E-state index in [4.69, 9.17) is 14.9 Å². The molecule has 0 aliphatic carbocycles. The van der Waals surface area contributed by atoms with Crippen LogP contribution in [0.3, 0.4) is 0 Å². The molecule has 1 aliphatic rings. The molecule has 1 heterocycles. The zero-order valence-corrected chi connectivity index (χ0v) is 7.00. The van der Waals surface area contributed by atoms with Crippen molar-refractivity contribution in [2.45, 2.75) is 6.92 Å². The highest BCUT2D eigenvalue weighted by molar-refractivity contribution is 5.79. The van der Waals surface area contributed by atoms with E-state index >= 15 is 0 Å². The summed E-state index contributed by atoms with van der Waals surface area (Å²) in [6, 6.07) is 0.0584. The van der Waals surface area contributed by atoms with Gasteiger partial charge in [0.25, 0.3) is 6.02 Å². The smallest absolute Gasteiger partial charge is 0.325 e. The van der Waals surface area contributed by atoms with E-state index in [1.54, 1.807) is 6.92 Å². The van der Waals surface area contributed by atoms with Gasteiger partial charge < -0.3 is 14.4 Å². The van der Waals surface area contributed by atoms with Crippen LogP contribution in [0.5, 0.6) is 0 Å². The largest absolute Gasteiger partial charge is 0.465 e. The van der Waals surface area contributed by atoms with Crippen molar-refractivity contribution in [3.05, 3.63) is 0 Å². The van der Waals surface area contributed by atoms with Gasteiger partial charge >= 0.3 is 5.97 Å². The summed E-state index contributed by atoms with van der Waals surface area (Å²) in [4.78, 5) is 12.5. The molecule has 1 aliphatic heterocycles. The second-order valence-corrected chi connectivity index (χ2v) is 2.38. The molecule has 68 valence electrons. The van der Waals surface area contributed by atoms with Gasteiger partial charge in [-0.3, -0.25) is 10.2 Å². The molecule has 0 bridgehead atoms. The van der Waals surface area contributed by atoms with Crippen LogP contribution in [0.25, 0.3) is 0 Å². The van der Waals surface area contributed by atoms with Crippen molar-refractivity contribution in [1.82, 2.24) is 4.90 Å². The Labute approximate surface area is 70.8 Å². The number of carbonyl (C=O) groups is 1. The van der Waals surface area contributed by atoms with Crippen LogP contribution in [0, 0.1) is 5.41 Å². The average molecular weight is 172 g/mol. The number of esters is 1. The molecule has 0 aromatic rings. The number of amidine groups is 1. The van der Waals surface area contributed by atoms with E-state index in [0.717, 1.165) is 0 Å². The van der Waals surface area contributed by atoms with E-state index in [1.807, 2.05) is 0 Å². The molecule has 1 rings (SSSR count). The first-order valence-corrected chi connectivity index (χ1v) is 3.86. The molecule has 0 atom stereocenters. The quantitative estimate of drug-likeness (QED) is 0.600. The van der Waals surface area contributed by atoms with Crippen LogP contribution in [0.2, 0.25) is 0 Å². The molecule has 1 N–H and O–H groups in total. The Bertz CT molecular complexity index is 193. The van der Waals surface area contributed by atoms with Crippen LogP contribution < -0.4 is 0 Å². The summed E-state index contributed by atoms with van der Waals surface area (Å²) in [5.41, 5.74) is 0. The predicted molar refractivity (Wildman–Crippen MR) is 41.9 cm³/mol. The maximum atomic E-state index is 10.9. The minimum Gasteiger partial charge on any atom is -0.465 e. The zero-order chi connectivity index (χ0) is 8.97. The Morgan fingerprint density at radius 1 is 1.83 bits per heavy atom. The zero-order valence-electron chi connectivity index (χ0n) is 7.00. The third-order valence-corrected chi connectivity index (χ3v) is 1.51. The number of hydrogen-bond acceptors (Lipinski definition) is 4. The van der Waals surface area contributed by atoms with Crippen LogP contribution in [-0.4, -0.2) is 43.2 Å². The Morgan fingerprint density at radius 2 is 2.58 bits per heavy atom. The van der Waals surface area contributed by atoms with Crippen molar-refractivity contribution in [1.29, 1.82) is 5.41 Å². The second-order valence-electron chi connectivity index (χ2n) is 2.38. The summed E-state index contributed by atoms with van der Waals surface area (Å²) in [5, 5.41) is 7.23. The van der Waals surface area contributed by atoms with E-state index < -0.39 is 0 Å². The van der Waals surface area contributed by atoms with E-state index in [0.29, 0.717) is 19.8 Å². The topological polar surface area (TPSA) is 62.6 Å². The van der Waals surface area contributed by atoms with E-state index in [1.165, 1.54) is 4.90 Å². The lowest BCUT2D eigenvalue weighted by Gasteiger charge is -2.12. The predicted octanol–water partition coefficient (Wildman–Crippen LogP) is -0.184. The van der Waals surface area contributed by atoms with Gasteiger partial charge in [0.05, 0.1) is 13.2 Å². The lowest BCUT2D eigenvalue weighted by molar-refractivity contribution is -0.143. The van der Waals surface area contributed by atoms with Crippen molar-refractivity contribution in [3.63, 3.8) is 0 Å². The molecule has 0 amide bonds. The SMILES string of the molecule is CCOC(=O)CN1CCOC1=N. The molecule has 1 saturated heterocycles. The van der Waals surface area contributed by atoms with Crippen molar-refractivity contribution < 1.29 is 14.3 Å². The third-order valence-electron chi connectivity index (χ3n) is 1.51. The van der Waals surface area contributed by atoms with Gasteiger partial charge in [0.1, 0.15) is 13.2 Å². The van der Waals surface area contributed by atoms with E-state index in [-0.39, 0.29) is 18.5 Å². The Morgan fingerprint density at radius 3 is 3.08 bits per heavy atom. The fourth-order valence-electron chi connectivity index (χ4n) is 0.959. The average Bonchev–Trinajstić information content (AvgIpc) is 2.37. The molecular weight excluding hydrogens is 160 g/mol. The van der Waals surface area contributed by atoms with Gasteiger partial charge in [0.15, 0.2) is 0 Å². The minimum absolute atomic E-state index is 0.0584. The van der Waals surface area contributed by atoms with Crippen LogP contribution >= 0.6 is 0 Å². The first-order chi connectivity index (χ1) is 5.74. The summed E-state index contributed by atoms with van der Waals surface area (Å²) >= 11 is 0. The summed E-state index contributed by atoms with van der Waals surface area (Å²) in [7, 11) is 0. The molecule has 0 radical (unpaired) electrons. The van der Waals surface area contributed by atoms with Gasteiger partial charge in [-0.15, -0.1) is 0 Å². The van der Waals surface area contributed by atoms with Gasteiger partial charge in [-0.2, -0.15) is 0 Å². The van der Waals surface area contributed by atoms with Crippen LogP contribution in [-0.2, 0) is 14.3 Å². The standard InChI is InChI=1S/C7H12N2O3/c1-2-11-6(10)5-9-3-4-12-7(9)8/h8H,2-5H2,1H3. The van der Waals surface area contributed by atoms with Gasteiger partial charge in [-0.1, -0.05) is 0 Å². The molecular formula is C7H12N2O3. The molecule has 0 unspecified atom stereocenters. The van der Waals surface area contributed by atoms with Crippen molar-refractivity contribution >= 4 is 12.0 Å². The lowest BCUT2D eigenvalue weighted by Crippen LogP contribution is -2.31. The fraction of sp³-hybridized carbons (Fsp3) is 0.714. The van der Waals surface area contributed by atoms with Crippen molar-refractivity contribution in [3.8, 4) is 0 Å². The fourth-order valence-corrected chi connectivity index (χ4v) is 0.959. The number of nitrogens with one attached hydrogen (secondary N) is 1. The highest BCUT2D eigenvalue weighted by Gasteiger charge is 2.21. The highest BCUT2D eigenvalue weighted by Crippen LogP contribution is 2.01. The Kier molecular flexibility index (Phi) is 2.90. The second kappa shape index (κ2) is 3.94. The number of nitrogens with zero attached hydrogens (tertiary/aromatic N) is 1. The Hall–Kier alpha value is -1.26. The highest BCUT2D eigenvalue weighted by atomic mass is 16.5. The van der Waals surface area contributed by atoms with Gasteiger partial charge in [0, 0.05) is 0 Å². The molecule has 0 aromatic heterocycles. The minimum atomic E-state index is -0.312. The summed E-state index contributed by atoms with van der Waals surface area (Å²) in [6.45, 7) is 3.33. The molecule has 1 fully saturated rings. The number of rotatable bonds is 3. The first kappa shape index (κ1) is 8.83. The van der Waals surface area contributed by atoms with Gasteiger partial charge in [-0.25, -0.2) is 0 Å². The monoisotopic (exact) mass is 172 g/mol. The van der Waals surface area contributed by atoms with E-state index in [9.17, 15) is 4.79 Å². The van der Waals surface area contributed by atoms with Crippen molar-refractivity contribution in [2.75, 3.05) is 26.3 Å². The maximum absolute atomic E-state index is 10.9. The maximum Gasteiger partial charge on any atom is 0.325 e. The van der Waals surface area contributed by atoms with Crippen LogP contribution in [0.1, 0.15) is 6.92 Å². The molecule has 0 saturated carbocycles. The molecule has 0 aromatic carbocycles. The molecule has 12 heavy (non-hydrogen) atoms. The normalized spacial score (nSPS) is 16.1. The molecule has 5 heteroatoms. The number of carbonyl (C=O) groups excluding carboxylic acids is 1. The summed E-state index contributed by atoms with van der Waals surface area (Å²) in [6.07, 6.45) is 0. The van der Waals surface area contributed by atoms with Crippen molar-refractivity contribution in [2.24, 2.45) is 0 Å². The third kappa shape index (κ3) is 2.11. The summed E-state index contributed by atoms with van der Waals surface area (Å²) < 4.78 is 9.57. The Balaban J connectivity index is 2.30. The lowest BCUT2D eigenvalue weighted by atomic mass is 10.5. The molecule has 5 nitrogen and oxygen atoms in total.